The quantitative estimate of drug-likeness (QED) is 0.715. The Morgan fingerprint density at radius 1 is 1.40 bits per heavy atom. The van der Waals surface area contributed by atoms with Gasteiger partial charge in [-0.3, -0.25) is 14.7 Å². The van der Waals surface area contributed by atoms with Gasteiger partial charge in [0.05, 0.1) is 12.2 Å². The van der Waals surface area contributed by atoms with Crippen molar-refractivity contribution in [2.45, 2.75) is 6.92 Å². The van der Waals surface area contributed by atoms with Crippen LogP contribution < -0.4 is 4.90 Å². The number of benzene rings is 1. The van der Waals surface area contributed by atoms with E-state index in [9.17, 15) is 4.79 Å². The lowest BCUT2D eigenvalue weighted by molar-refractivity contribution is -0.106. The van der Waals surface area contributed by atoms with Gasteiger partial charge in [0.25, 0.3) is 0 Å². The highest BCUT2D eigenvalue weighted by Gasteiger charge is 2.16. The number of aryl methyl sites for hydroxylation is 1. The van der Waals surface area contributed by atoms with E-state index in [2.05, 4.69) is 4.99 Å². The summed E-state index contributed by atoms with van der Waals surface area (Å²) >= 11 is 1.62. The average Bonchev–Trinajstić information content (AvgIpc) is 2.75. The molecule has 1 aromatic carbocycles. The highest BCUT2D eigenvalue weighted by Crippen LogP contribution is 2.21. The second-order valence-corrected chi connectivity index (χ2v) is 4.39. The molecule has 0 saturated carbocycles. The van der Waals surface area contributed by atoms with Crippen LogP contribution in [0.4, 0.5) is 5.69 Å². The Balaban J connectivity index is 2.26. The zero-order valence-corrected chi connectivity index (χ0v) is 9.33. The van der Waals surface area contributed by atoms with Crippen molar-refractivity contribution < 1.29 is 4.79 Å². The van der Waals surface area contributed by atoms with Gasteiger partial charge in [-0.1, -0.05) is 29.5 Å². The van der Waals surface area contributed by atoms with Crippen LogP contribution in [0.3, 0.4) is 0 Å². The fraction of sp³-hybridized carbons (Fsp3) is 0.273. The Bertz CT molecular complexity index is 386. The van der Waals surface area contributed by atoms with Gasteiger partial charge in [-0.2, -0.15) is 0 Å². The van der Waals surface area contributed by atoms with Crippen LogP contribution in [0.1, 0.15) is 5.56 Å². The number of anilines is 1. The van der Waals surface area contributed by atoms with Crippen molar-refractivity contribution in [1.82, 2.24) is 0 Å². The van der Waals surface area contributed by atoms with Crippen molar-refractivity contribution in [2.75, 3.05) is 17.2 Å². The molecule has 0 radical (unpaired) electrons. The van der Waals surface area contributed by atoms with E-state index in [4.69, 9.17) is 0 Å². The van der Waals surface area contributed by atoms with Gasteiger partial charge in [0.2, 0.25) is 6.41 Å². The largest absolute Gasteiger partial charge is 0.278 e. The number of rotatable bonds is 2. The number of hydrogen-bond donors (Lipinski definition) is 0. The van der Waals surface area contributed by atoms with E-state index < -0.39 is 0 Å². The lowest BCUT2D eigenvalue weighted by Gasteiger charge is -2.16. The zero-order chi connectivity index (χ0) is 10.7. The fourth-order valence-corrected chi connectivity index (χ4v) is 2.23. The summed E-state index contributed by atoms with van der Waals surface area (Å²) in [6.07, 6.45) is 0.821. The molecule has 0 atom stereocenters. The van der Waals surface area contributed by atoms with Gasteiger partial charge in [-0.25, -0.2) is 0 Å². The molecule has 1 amide bonds. The maximum absolute atomic E-state index is 11.0. The standard InChI is InChI=1S/C11H12N2OS/c1-9-2-4-10(5-3-9)13(8-14)11-12-6-7-15-11/h2-5,8H,6-7H2,1H3. The predicted octanol–water partition coefficient (Wildman–Crippen LogP) is 2.06. The minimum Gasteiger partial charge on any atom is -0.278 e. The van der Waals surface area contributed by atoms with Gasteiger partial charge in [0, 0.05) is 5.75 Å². The minimum absolute atomic E-state index is 0.800. The summed E-state index contributed by atoms with van der Waals surface area (Å²) in [4.78, 5) is 16.9. The molecular weight excluding hydrogens is 208 g/mol. The number of nitrogens with zero attached hydrogens (tertiary/aromatic N) is 2. The first kappa shape index (κ1) is 10.2. The average molecular weight is 220 g/mol. The van der Waals surface area contributed by atoms with Crippen molar-refractivity contribution in [1.29, 1.82) is 0 Å². The van der Waals surface area contributed by atoms with E-state index in [0.717, 1.165) is 29.6 Å². The number of hydrogen-bond acceptors (Lipinski definition) is 3. The van der Waals surface area contributed by atoms with Crippen LogP contribution in [0.15, 0.2) is 29.3 Å². The third-order valence-corrected chi connectivity index (χ3v) is 3.16. The lowest BCUT2D eigenvalue weighted by atomic mass is 10.2. The molecule has 0 aliphatic carbocycles. The molecular formula is C11H12N2OS. The zero-order valence-electron chi connectivity index (χ0n) is 8.51. The van der Waals surface area contributed by atoms with Crippen molar-refractivity contribution in [3.8, 4) is 0 Å². The second kappa shape index (κ2) is 4.49. The molecule has 1 heterocycles. The normalized spacial score (nSPS) is 14.9. The van der Waals surface area contributed by atoms with Crippen molar-refractivity contribution >= 4 is 29.0 Å². The molecule has 78 valence electrons. The van der Waals surface area contributed by atoms with E-state index in [1.54, 1.807) is 16.7 Å². The molecule has 0 fully saturated rings. The van der Waals surface area contributed by atoms with Crippen molar-refractivity contribution in [3.63, 3.8) is 0 Å². The van der Waals surface area contributed by atoms with E-state index >= 15 is 0 Å². The number of amidine groups is 1. The van der Waals surface area contributed by atoms with Crippen LogP contribution in [0, 0.1) is 6.92 Å². The maximum Gasteiger partial charge on any atom is 0.220 e. The van der Waals surface area contributed by atoms with Gasteiger partial charge in [0.1, 0.15) is 0 Å². The maximum atomic E-state index is 11.0. The highest BCUT2D eigenvalue weighted by atomic mass is 32.2. The molecule has 0 N–H and O–H groups in total. The molecule has 1 aliphatic heterocycles. The van der Waals surface area contributed by atoms with Gasteiger partial charge in [-0.15, -0.1) is 0 Å². The topological polar surface area (TPSA) is 32.7 Å². The monoisotopic (exact) mass is 220 g/mol. The van der Waals surface area contributed by atoms with Gasteiger partial charge in [-0.05, 0) is 19.1 Å². The number of thioether (sulfide) groups is 1. The van der Waals surface area contributed by atoms with E-state index in [1.807, 2.05) is 31.2 Å². The first-order valence-corrected chi connectivity index (χ1v) is 5.78. The molecule has 2 rings (SSSR count). The summed E-state index contributed by atoms with van der Waals surface area (Å²) in [6, 6.07) is 7.86. The highest BCUT2D eigenvalue weighted by molar-refractivity contribution is 8.14. The van der Waals surface area contributed by atoms with Crippen molar-refractivity contribution in [2.24, 2.45) is 4.99 Å². The Morgan fingerprint density at radius 3 is 2.67 bits per heavy atom. The number of carbonyl (C=O) groups is 1. The van der Waals surface area contributed by atoms with Crippen LogP contribution in [0.25, 0.3) is 0 Å². The molecule has 15 heavy (non-hydrogen) atoms. The number of carbonyl (C=O) groups excluding carboxylic acids is 1. The van der Waals surface area contributed by atoms with Gasteiger partial charge >= 0.3 is 0 Å². The smallest absolute Gasteiger partial charge is 0.220 e. The van der Waals surface area contributed by atoms with Gasteiger partial charge in [0.15, 0.2) is 5.17 Å². The van der Waals surface area contributed by atoms with Crippen LogP contribution in [-0.2, 0) is 4.79 Å². The summed E-state index contributed by atoms with van der Waals surface area (Å²) < 4.78 is 0. The Labute approximate surface area is 93.2 Å². The van der Waals surface area contributed by atoms with Crippen LogP contribution >= 0.6 is 11.8 Å². The van der Waals surface area contributed by atoms with Crippen molar-refractivity contribution in [3.05, 3.63) is 29.8 Å². The van der Waals surface area contributed by atoms with Crippen LogP contribution in [0.5, 0.6) is 0 Å². The lowest BCUT2D eigenvalue weighted by Crippen LogP contribution is -2.25. The molecule has 1 aliphatic rings. The molecule has 3 nitrogen and oxygen atoms in total. The van der Waals surface area contributed by atoms with E-state index in [1.165, 1.54) is 5.56 Å². The first-order chi connectivity index (χ1) is 7.31. The second-order valence-electron chi connectivity index (χ2n) is 3.32. The predicted molar refractivity (Wildman–Crippen MR) is 64.5 cm³/mol. The van der Waals surface area contributed by atoms with E-state index in [0.29, 0.717) is 0 Å². The minimum atomic E-state index is 0.800. The molecule has 0 saturated heterocycles. The fourth-order valence-electron chi connectivity index (χ4n) is 1.39. The summed E-state index contributed by atoms with van der Waals surface area (Å²) in [6.45, 7) is 2.83. The first-order valence-electron chi connectivity index (χ1n) is 4.80. The molecule has 0 aromatic heterocycles. The molecule has 1 aromatic rings. The number of aliphatic imine (C=N–C) groups is 1. The molecule has 0 unspecified atom stereocenters. The third-order valence-electron chi connectivity index (χ3n) is 2.19. The van der Waals surface area contributed by atoms with E-state index in [-0.39, 0.29) is 0 Å². The van der Waals surface area contributed by atoms with Crippen LogP contribution in [0.2, 0.25) is 0 Å². The molecule has 0 bridgehead atoms. The summed E-state index contributed by atoms with van der Waals surface area (Å²) in [5.74, 6) is 0.964. The summed E-state index contributed by atoms with van der Waals surface area (Å²) in [5.41, 5.74) is 2.06. The molecule has 0 spiro atoms. The Kier molecular flexibility index (Phi) is 3.06. The Morgan fingerprint density at radius 2 is 2.13 bits per heavy atom. The van der Waals surface area contributed by atoms with Gasteiger partial charge < -0.3 is 0 Å². The SMILES string of the molecule is Cc1ccc(N(C=O)C2=NCCS2)cc1. The number of amides is 1. The molecule has 4 heteroatoms. The Hall–Kier alpha value is -1.29. The third kappa shape index (κ3) is 2.21. The summed E-state index contributed by atoms with van der Waals surface area (Å²) in [7, 11) is 0. The van der Waals surface area contributed by atoms with Crippen LogP contribution in [-0.4, -0.2) is 23.9 Å². The summed E-state index contributed by atoms with van der Waals surface area (Å²) in [5, 5.41) is 0.800.